The van der Waals surface area contributed by atoms with Crippen LogP contribution in [0, 0.1) is 5.82 Å². The zero-order chi connectivity index (χ0) is 25.6. The molecule has 2 aromatic rings. The van der Waals surface area contributed by atoms with Crippen molar-refractivity contribution in [3.63, 3.8) is 0 Å². The average Bonchev–Trinajstić information content (AvgIpc) is 2.87. The van der Waals surface area contributed by atoms with Crippen LogP contribution in [0.25, 0.3) is 11.1 Å². The summed E-state index contributed by atoms with van der Waals surface area (Å²) in [7, 11) is 0. The largest absolute Gasteiger partial charge is 0.462 e. The highest BCUT2D eigenvalue weighted by molar-refractivity contribution is 5.90. The van der Waals surface area contributed by atoms with Crippen molar-refractivity contribution in [3.8, 4) is 11.1 Å². The first-order chi connectivity index (χ1) is 16.8. The molecule has 0 fully saturated rings. The Bertz CT molecular complexity index is 1080. The maximum Gasteiger partial charge on any atom is 0.338 e. The molecule has 0 heterocycles. The summed E-state index contributed by atoms with van der Waals surface area (Å²) in [5.41, 5.74) is 1.76. The van der Waals surface area contributed by atoms with Gasteiger partial charge in [0.05, 0.1) is 5.56 Å². The molecule has 0 aliphatic heterocycles. The lowest BCUT2D eigenvalue weighted by atomic mass is 10.0. The van der Waals surface area contributed by atoms with Crippen molar-refractivity contribution in [2.45, 2.75) is 12.8 Å². The van der Waals surface area contributed by atoms with E-state index in [1.54, 1.807) is 24.3 Å². The molecule has 0 aliphatic rings. The average molecular weight is 484 g/mol. The second-order valence-electron chi connectivity index (χ2n) is 6.99. The molecule has 9 heteroatoms. The van der Waals surface area contributed by atoms with Crippen LogP contribution >= 0.6 is 0 Å². The van der Waals surface area contributed by atoms with Gasteiger partial charge in [-0.2, -0.15) is 0 Å². The first-order valence-corrected chi connectivity index (χ1v) is 10.6. The predicted molar refractivity (Wildman–Crippen MR) is 124 cm³/mol. The highest BCUT2D eigenvalue weighted by Gasteiger charge is 2.11. The highest BCUT2D eigenvalue weighted by Crippen LogP contribution is 2.25. The molecule has 184 valence electrons. The monoisotopic (exact) mass is 484 g/mol. The summed E-state index contributed by atoms with van der Waals surface area (Å²) in [5, 5.41) is 0. The van der Waals surface area contributed by atoms with Crippen LogP contribution in [0.15, 0.2) is 67.8 Å². The third-order valence-corrected chi connectivity index (χ3v) is 4.57. The molecule has 8 nitrogen and oxygen atoms in total. The summed E-state index contributed by atoms with van der Waals surface area (Å²) >= 11 is 0. The van der Waals surface area contributed by atoms with E-state index in [9.17, 15) is 23.6 Å². The van der Waals surface area contributed by atoms with Crippen LogP contribution in [-0.4, -0.2) is 50.3 Å². The van der Waals surface area contributed by atoms with Crippen molar-refractivity contribution >= 4 is 23.9 Å². The van der Waals surface area contributed by atoms with Crippen LogP contribution < -0.4 is 0 Å². The third kappa shape index (κ3) is 9.24. The molecule has 0 saturated carbocycles. The first-order valence-electron chi connectivity index (χ1n) is 10.6. The zero-order valence-corrected chi connectivity index (χ0v) is 19.0. The maximum atomic E-state index is 14.7. The Hall–Kier alpha value is -4.27. The number of ether oxygens (including phenoxy) is 4. The van der Waals surface area contributed by atoms with Crippen LogP contribution in [-0.2, 0) is 39.8 Å². The van der Waals surface area contributed by atoms with Gasteiger partial charge in [0, 0.05) is 24.1 Å². The molecule has 0 amide bonds. The Morgan fingerprint density at radius 3 is 1.91 bits per heavy atom. The number of aryl methyl sites for hydroxylation is 1. The van der Waals surface area contributed by atoms with E-state index in [4.69, 9.17) is 18.9 Å². The summed E-state index contributed by atoms with van der Waals surface area (Å²) < 4.78 is 34.0. The van der Waals surface area contributed by atoms with E-state index < -0.39 is 29.7 Å². The summed E-state index contributed by atoms with van der Waals surface area (Å²) in [6.07, 6.45) is 2.33. The van der Waals surface area contributed by atoms with E-state index in [2.05, 4.69) is 13.2 Å². The zero-order valence-electron chi connectivity index (χ0n) is 19.0. The standard InChI is InChI=1S/C26H25FO8/c1-3-23(28)32-13-14-34-25(30)12-6-18-5-11-21(22(27)17-18)19-7-9-20(10-8-19)26(31)35-16-15-33-24(29)4-2/h3-5,7-11,17H,1-2,6,12-16H2. The van der Waals surface area contributed by atoms with Gasteiger partial charge < -0.3 is 18.9 Å². The molecule has 0 unspecified atom stereocenters. The molecule has 0 spiro atoms. The predicted octanol–water partition coefficient (Wildman–Crippen LogP) is 3.58. The minimum atomic E-state index is -0.609. The Labute approximate surface area is 201 Å². The topological polar surface area (TPSA) is 105 Å². The molecule has 0 bridgehead atoms. The van der Waals surface area contributed by atoms with Crippen LogP contribution in [0.2, 0.25) is 0 Å². The Kier molecular flexibility index (Phi) is 10.9. The molecule has 0 N–H and O–H groups in total. The van der Waals surface area contributed by atoms with Crippen molar-refractivity contribution in [1.29, 1.82) is 0 Å². The van der Waals surface area contributed by atoms with Gasteiger partial charge in [0.2, 0.25) is 0 Å². The van der Waals surface area contributed by atoms with Gasteiger partial charge in [0.15, 0.2) is 0 Å². The van der Waals surface area contributed by atoms with Gasteiger partial charge in [0.25, 0.3) is 0 Å². The number of rotatable bonds is 13. The van der Waals surface area contributed by atoms with Crippen LogP contribution in [0.4, 0.5) is 4.39 Å². The molecule has 2 aromatic carbocycles. The molecule has 0 aromatic heterocycles. The fraction of sp³-hybridized carbons (Fsp3) is 0.231. The quantitative estimate of drug-likeness (QED) is 0.184. The normalized spacial score (nSPS) is 10.1. The summed E-state index contributed by atoms with van der Waals surface area (Å²) in [6.45, 7) is 6.18. The van der Waals surface area contributed by atoms with Gasteiger partial charge >= 0.3 is 23.9 Å². The molecule has 0 atom stereocenters. The van der Waals surface area contributed by atoms with Crippen LogP contribution in [0.5, 0.6) is 0 Å². The van der Waals surface area contributed by atoms with Crippen molar-refractivity contribution in [2.24, 2.45) is 0 Å². The molecular weight excluding hydrogens is 459 g/mol. The van der Waals surface area contributed by atoms with E-state index in [0.29, 0.717) is 16.7 Å². The number of benzene rings is 2. The van der Waals surface area contributed by atoms with E-state index in [-0.39, 0.29) is 44.8 Å². The molecule has 35 heavy (non-hydrogen) atoms. The lowest BCUT2D eigenvalue weighted by Gasteiger charge is -2.09. The van der Waals surface area contributed by atoms with Crippen molar-refractivity contribution in [1.82, 2.24) is 0 Å². The number of halogens is 1. The molecule has 2 rings (SSSR count). The van der Waals surface area contributed by atoms with Crippen molar-refractivity contribution in [3.05, 3.63) is 84.7 Å². The second-order valence-corrected chi connectivity index (χ2v) is 6.99. The Morgan fingerprint density at radius 1 is 0.771 bits per heavy atom. The molecular formula is C26H25FO8. The van der Waals surface area contributed by atoms with Gasteiger partial charge in [-0.3, -0.25) is 4.79 Å². The van der Waals surface area contributed by atoms with Gasteiger partial charge in [-0.15, -0.1) is 0 Å². The van der Waals surface area contributed by atoms with Gasteiger partial charge in [-0.25, -0.2) is 18.8 Å². The van der Waals surface area contributed by atoms with Crippen molar-refractivity contribution < 1.29 is 42.5 Å². The fourth-order valence-corrected chi connectivity index (χ4v) is 2.83. The Morgan fingerprint density at radius 2 is 1.34 bits per heavy atom. The lowest BCUT2D eigenvalue weighted by Crippen LogP contribution is -2.13. The third-order valence-electron chi connectivity index (χ3n) is 4.57. The van der Waals surface area contributed by atoms with E-state index in [1.807, 2.05) is 0 Å². The fourth-order valence-electron chi connectivity index (χ4n) is 2.83. The lowest BCUT2D eigenvalue weighted by molar-refractivity contribution is -0.149. The van der Waals surface area contributed by atoms with Crippen LogP contribution in [0.1, 0.15) is 22.3 Å². The maximum absolute atomic E-state index is 14.7. The smallest absolute Gasteiger partial charge is 0.338 e. The van der Waals surface area contributed by atoms with E-state index in [0.717, 1.165) is 12.2 Å². The van der Waals surface area contributed by atoms with Crippen molar-refractivity contribution in [2.75, 3.05) is 26.4 Å². The van der Waals surface area contributed by atoms with E-state index in [1.165, 1.54) is 18.2 Å². The Balaban J connectivity index is 1.84. The number of hydrogen-bond donors (Lipinski definition) is 0. The number of carbonyl (C=O) groups is 4. The molecule has 0 saturated heterocycles. The van der Waals surface area contributed by atoms with Gasteiger partial charge in [0.1, 0.15) is 32.2 Å². The first kappa shape index (κ1) is 27.0. The summed E-state index contributed by atoms with van der Waals surface area (Å²) in [6, 6.07) is 10.8. The SMILES string of the molecule is C=CC(=O)OCCOC(=O)CCc1ccc(-c2ccc(C(=O)OCCOC(=O)C=C)cc2)c(F)c1. The summed E-state index contributed by atoms with van der Waals surface area (Å²) in [4.78, 5) is 45.7. The summed E-state index contributed by atoms with van der Waals surface area (Å²) in [5.74, 6) is -2.79. The number of esters is 4. The van der Waals surface area contributed by atoms with Gasteiger partial charge in [-0.1, -0.05) is 37.4 Å². The molecule has 0 radical (unpaired) electrons. The minimum Gasteiger partial charge on any atom is -0.462 e. The van der Waals surface area contributed by atoms with Gasteiger partial charge in [-0.05, 0) is 35.7 Å². The van der Waals surface area contributed by atoms with E-state index >= 15 is 0 Å². The second kappa shape index (κ2) is 14.1. The highest BCUT2D eigenvalue weighted by atomic mass is 19.1. The number of carbonyl (C=O) groups excluding carboxylic acids is 4. The van der Waals surface area contributed by atoms with Crippen LogP contribution in [0.3, 0.4) is 0 Å². The number of hydrogen-bond acceptors (Lipinski definition) is 8. The minimum absolute atomic E-state index is 0.0395. The molecule has 0 aliphatic carbocycles.